The Bertz CT molecular complexity index is 421. The lowest BCUT2D eigenvalue weighted by Crippen LogP contribution is -2.43. The molecule has 3 aliphatic carbocycles. The second-order valence-corrected chi connectivity index (χ2v) is 7.06. The normalized spacial score (nSPS) is 51.4. The van der Waals surface area contributed by atoms with Gasteiger partial charge in [0.2, 0.25) is 0 Å². The van der Waals surface area contributed by atoms with Crippen LogP contribution in [0, 0.1) is 28.6 Å². The number of allylic oxidation sites excluding steroid dienone is 1. The number of carbonyl (C=O) groups is 1. The van der Waals surface area contributed by atoms with Crippen molar-refractivity contribution in [2.24, 2.45) is 28.6 Å². The minimum Gasteiger partial charge on any atom is -0.389 e. The molecule has 3 aliphatic rings. The van der Waals surface area contributed by atoms with E-state index in [0.717, 1.165) is 18.4 Å². The molecule has 2 fully saturated rings. The topological polar surface area (TPSA) is 37.3 Å². The van der Waals surface area contributed by atoms with E-state index in [0.29, 0.717) is 11.8 Å². The first-order valence-electron chi connectivity index (χ1n) is 6.75. The van der Waals surface area contributed by atoms with E-state index in [1.165, 1.54) is 0 Å². The molecule has 0 aliphatic heterocycles. The van der Waals surface area contributed by atoms with Crippen LogP contribution >= 0.6 is 0 Å². The Labute approximate surface area is 103 Å². The number of aliphatic hydroxyl groups excluding tert-OH is 1. The van der Waals surface area contributed by atoms with E-state index in [9.17, 15) is 9.90 Å². The van der Waals surface area contributed by atoms with Gasteiger partial charge in [-0.3, -0.25) is 4.79 Å². The lowest BCUT2D eigenvalue weighted by atomic mass is 9.58. The van der Waals surface area contributed by atoms with Crippen LogP contribution in [0.5, 0.6) is 0 Å². The molecule has 0 spiro atoms. The lowest BCUT2D eigenvalue weighted by Gasteiger charge is -2.47. The van der Waals surface area contributed by atoms with Gasteiger partial charge in [-0.1, -0.05) is 27.7 Å². The maximum absolute atomic E-state index is 12.1. The molecule has 1 N–H and O–H groups in total. The Morgan fingerprint density at radius 3 is 2.59 bits per heavy atom. The Morgan fingerprint density at radius 2 is 1.94 bits per heavy atom. The van der Waals surface area contributed by atoms with Gasteiger partial charge in [-0.25, -0.2) is 0 Å². The number of fused-ring (bicyclic) bond motifs is 3. The second-order valence-electron chi connectivity index (χ2n) is 7.06. The molecule has 0 aromatic heterocycles. The third-order valence-corrected chi connectivity index (χ3v) is 5.96. The van der Waals surface area contributed by atoms with Gasteiger partial charge in [0.15, 0.2) is 5.78 Å². The highest BCUT2D eigenvalue weighted by Crippen LogP contribution is 2.73. The summed E-state index contributed by atoms with van der Waals surface area (Å²) in [5.41, 5.74) is 1.18. The molecule has 0 heterocycles. The molecule has 0 amide bonds. The van der Waals surface area contributed by atoms with Crippen molar-refractivity contribution in [2.75, 3.05) is 0 Å². The lowest BCUT2D eigenvalue weighted by molar-refractivity contribution is -0.118. The zero-order chi connectivity index (χ0) is 12.6. The molecule has 94 valence electrons. The van der Waals surface area contributed by atoms with Crippen molar-refractivity contribution in [2.45, 2.75) is 46.6 Å². The van der Waals surface area contributed by atoms with Crippen LogP contribution in [0.15, 0.2) is 11.6 Å². The third-order valence-electron chi connectivity index (χ3n) is 5.96. The van der Waals surface area contributed by atoms with Crippen LogP contribution in [0.1, 0.15) is 40.5 Å². The average molecular weight is 234 g/mol. The van der Waals surface area contributed by atoms with Crippen molar-refractivity contribution < 1.29 is 9.90 Å². The summed E-state index contributed by atoms with van der Waals surface area (Å²) in [6.45, 7) is 8.96. The van der Waals surface area contributed by atoms with Crippen molar-refractivity contribution in [3.63, 3.8) is 0 Å². The van der Waals surface area contributed by atoms with Gasteiger partial charge in [-0.05, 0) is 47.2 Å². The van der Waals surface area contributed by atoms with Crippen molar-refractivity contribution in [1.82, 2.24) is 0 Å². The first-order chi connectivity index (χ1) is 7.81. The third kappa shape index (κ3) is 1.17. The maximum Gasteiger partial charge on any atom is 0.159 e. The van der Waals surface area contributed by atoms with Gasteiger partial charge < -0.3 is 5.11 Å². The number of carbonyl (C=O) groups excluding carboxylic acids is 1. The van der Waals surface area contributed by atoms with E-state index in [2.05, 4.69) is 27.7 Å². The maximum atomic E-state index is 12.1. The van der Waals surface area contributed by atoms with Crippen LogP contribution < -0.4 is 0 Å². The highest BCUT2D eigenvalue weighted by atomic mass is 16.3. The number of aliphatic hydroxyl groups is 1. The van der Waals surface area contributed by atoms with Gasteiger partial charge in [0.25, 0.3) is 0 Å². The van der Waals surface area contributed by atoms with Crippen LogP contribution in [-0.2, 0) is 4.79 Å². The zero-order valence-corrected chi connectivity index (χ0v) is 11.2. The van der Waals surface area contributed by atoms with Crippen LogP contribution in [0.4, 0.5) is 0 Å². The fraction of sp³-hybridized carbons (Fsp3) is 0.800. The second kappa shape index (κ2) is 3.03. The standard InChI is InChI=1S/C15H22O2/c1-8-5-6-10(16)9-7-11(17)12-13(14(12,2)3)15(8,9)4/h7-8,10,12-13,16H,5-6H2,1-4H3/t8?,10?,12-,13+,15+/m1/s1. The average Bonchev–Trinajstić information content (AvgIpc) is 2.83. The number of ketones is 1. The van der Waals surface area contributed by atoms with Gasteiger partial charge >= 0.3 is 0 Å². The summed E-state index contributed by atoms with van der Waals surface area (Å²) in [6, 6.07) is 0. The van der Waals surface area contributed by atoms with Crippen molar-refractivity contribution in [3.8, 4) is 0 Å². The van der Waals surface area contributed by atoms with E-state index in [1.807, 2.05) is 0 Å². The SMILES string of the molecule is CC1CCC(O)C2=CC(=O)[C@@H]3[C@@H](C3(C)C)[C@]21C. The molecule has 17 heavy (non-hydrogen) atoms. The molecule has 2 nitrogen and oxygen atoms in total. The van der Waals surface area contributed by atoms with E-state index in [-0.39, 0.29) is 22.5 Å². The predicted molar refractivity (Wildman–Crippen MR) is 66.4 cm³/mol. The number of rotatable bonds is 0. The molecule has 0 radical (unpaired) electrons. The molecule has 0 aromatic rings. The van der Waals surface area contributed by atoms with Crippen LogP contribution in [0.3, 0.4) is 0 Å². The molecule has 0 aromatic carbocycles. The summed E-state index contributed by atoms with van der Waals surface area (Å²) in [6.07, 6.45) is 3.27. The summed E-state index contributed by atoms with van der Waals surface area (Å²) in [4.78, 5) is 12.1. The number of hydrogen-bond donors (Lipinski definition) is 1. The van der Waals surface area contributed by atoms with Gasteiger partial charge in [-0.15, -0.1) is 0 Å². The van der Waals surface area contributed by atoms with Crippen LogP contribution in [-0.4, -0.2) is 17.0 Å². The van der Waals surface area contributed by atoms with Crippen molar-refractivity contribution in [3.05, 3.63) is 11.6 Å². The highest BCUT2D eigenvalue weighted by molar-refractivity contribution is 5.97. The van der Waals surface area contributed by atoms with E-state index >= 15 is 0 Å². The molecule has 0 bridgehead atoms. The smallest absolute Gasteiger partial charge is 0.159 e. The Balaban J connectivity index is 2.12. The fourth-order valence-electron chi connectivity index (χ4n) is 4.78. The minimum atomic E-state index is -0.391. The Hall–Kier alpha value is -0.630. The first kappa shape index (κ1) is 11.5. The molecule has 2 saturated carbocycles. The fourth-order valence-corrected chi connectivity index (χ4v) is 4.78. The largest absolute Gasteiger partial charge is 0.389 e. The van der Waals surface area contributed by atoms with Crippen molar-refractivity contribution >= 4 is 5.78 Å². The summed E-state index contributed by atoms with van der Waals surface area (Å²) in [7, 11) is 0. The van der Waals surface area contributed by atoms with Crippen LogP contribution in [0.2, 0.25) is 0 Å². The molecule has 5 atom stereocenters. The van der Waals surface area contributed by atoms with Crippen LogP contribution in [0.25, 0.3) is 0 Å². The minimum absolute atomic E-state index is 0.0414. The van der Waals surface area contributed by atoms with Gasteiger partial charge in [-0.2, -0.15) is 0 Å². The molecular weight excluding hydrogens is 212 g/mol. The molecule has 3 rings (SSSR count). The summed E-state index contributed by atoms with van der Waals surface area (Å²) < 4.78 is 0. The Kier molecular flexibility index (Phi) is 2.04. The number of hydrogen-bond acceptors (Lipinski definition) is 2. The summed E-state index contributed by atoms with van der Waals surface area (Å²) in [5.74, 6) is 1.46. The predicted octanol–water partition coefficient (Wildman–Crippen LogP) is 2.56. The summed E-state index contributed by atoms with van der Waals surface area (Å²) in [5, 5.41) is 10.2. The monoisotopic (exact) mass is 234 g/mol. The van der Waals surface area contributed by atoms with Gasteiger partial charge in [0.05, 0.1) is 6.10 Å². The summed E-state index contributed by atoms with van der Waals surface area (Å²) >= 11 is 0. The Morgan fingerprint density at radius 1 is 1.29 bits per heavy atom. The van der Waals surface area contributed by atoms with E-state index in [1.54, 1.807) is 6.08 Å². The highest BCUT2D eigenvalue weighted by Gasteiger charge is 2.71. The molecular formula is C15H22O2. The quantitative estimate of drug-likeness (QED) is 0.699. The van der Waals surface area contributed by atoms with E-state index in [4.69, 9.17) is 0 Å². The molecule has 2 unspecified atom stereocenters. The molecule has 2 heteroatoms. The zero-order valence-electron chi connectivity index (χ0n) is 11.2. The van der Waals surface area contributed by atoms with Gasteiger partial charge in [0, 0.05) is 5.92 Å². The van der Waals surface area contributed by atoms with Gasteiger partial charge in [0.1, 0.15) is 0 Å². The molecule has 0 saturated heterocycles. The van der Waals surface area contributed by atoms with Crippen molar-refractivity contribution in [1.29, 1.82) is 0 Å². The van der Waals surface area contributed by atoms with E-state index < -0.39 is 6.10 Å². The first-order valence-corrected chi connectivity index (χ1v) is 6.75.